The molecule has 1 heteroatoms. The van der Waals surface area contributed by atoms with Crippen molar-refractivity contribution in [1.82, 2.24) is 5.32 Å². The maximum atomic E-state index is 3.75. The van der Waals surface area contributed by atoms with Crippen LogP contribution < -0.4 is 5.32 Å². The lowest BCUT2D eigenvalue weighted by molar-refractivity contribution is 0.402. The van der Waals surface area contributed by atoms with E-state index in [2.05, 4.69) is 57.3 Å². The molecule has 0 amide bonds. The van der Waals surface area contributed by atoms with Crippen LogP contribution in [0.5, 0.6) is 0 Å². The summed E-state index contributed by atoms with van der Waals surface area (Å²) < 4.78 is 0. The van der Waals surface area contributed by atoms with Crippen LogP contribution in [0.15, 0.2) is 24.3 Å². The topological polar surface area (TPSA) is 12.0 Å². The summed E-state index contributed by atoms with van der Waals surface area (Å²) in [7, 11) is 0. The second-order valence-corrected chi connectivity index (χ2v) is 5.07. The van der Waals surface area contributed by atoms with Crippen molar-refractivity contribution in [3.63, 3.8) is 0 Å². The van der Waals surface area contributed by atoms with Crippen LogP contribution in [0.3, 0.4) is 0 Å². The van der Waals surface area contributed by atoms with Gasteiger partial charge >= 0.3 is 0 Å². The van der Waals surface area contributed by atoms with E-state index in [0.717, 1.165) is 0 Å². The minimum Gasteiger partial charge on any atom is -0.307 e. The maximum absolute atomic E-state index is 3.75. The molecular formula is C16H27N. The highest BCUT2D eigenvalue weighted by Crippen LogP contribution is 2.16. The lowest BCUT2D eigenvalue weighted by Crippen LogP contribution is -2.31. The molecule has 1 N–H and O–H groups in total. The van der Waals surface area contributed by atoms with Crippen LogP contribution in [0.4, 0.5) is 0 Å². The van der Waals surface area contributed by atoms with Crippen molar-refractivity contribution in [2.75, 3.05) is 0 Å². The third-order valence-corrected chi connectivity index (χ3v) is 3.34. The average molecular weight is 233 g/mol. The van der Waals surface area contributed by atoms with E-state index >= 15 is 0 Å². The van der Waals surface area contributed by atoms with Gasteiger partial charge in [0.05, 0.1) is 0 Å². The Labute approximate surface area is 107 Å². The molecule has 0 spiro atoms. The molecule has 0 saturated carbocycles. The fraction of sp³-hybridized carbons (Fsp3) is 0.625. The van der Waals surface area contributed by atoms with Gasteiger partial charge in [0.25, 0.3) is 0 Å². The molecule has 0 radical (unpaired) electrons. The average Bonchev–Trinajstić information content (AvgIpc) is 2.30. The Morgan fingerprint density at radius 1 is 1.00 bits per heavy atom. The van der Waals surface area contributed by atoms with E-state index in [0.29, 0.717) is 12.1 Å². The van der Waals surface area contributed by atoms with E-state index in [1.807, 2.05) is 0 Å². The van der Waals surface area contributed by atoms with Crippen molar-refractivity contribution in [2.45, 2.75) is 65.5 Å². The molecule has 0 aliphatic heterocycles. The molecule has 0 unspecified atom stereocenters. The fourth-order valence-electron chi connectivity index (χ4n) is 2.31. The van der Waals surface area contributed by atoms with E-state index in [4.69, 9.17) is 0 Å². The largest absolute Gasteiger partial charge is 0.307 e. The zero-order valence-corrected chi connectivity index (χ0v) is 11.8. The summed E-state index contributed by atoms with van der Waals surface area (Å²) in [6.07, 6.45) is 5.09. The van der Waals surface area contributed by atoms with Crippen LogP contribution in [0.25, 0.3) is 0 Å². The van der Waals surface area contributed by atoms with Crippen molar-refractivity contribution >= 4 is 0 Å². The molecule has 0 aromatic heterocycles. The molecule has 1 rings (SSSR count). The van der Waals surface area contributed by atoms with Gasteiger partial charge < -0.3 is 5.32 Å². The Kier molecular flexibility index (Phi) is 6.28. The summed E-state index contributed by atoms with van der Waals surface area (Å²) in [6.45, 7) is 8.93. The van der Waals surface area contributed by atoms with E-state index in [9.17, 15) is 0 Å². The summed E-state index contributed by atoms with van der Waals surface area (Å²) in [6, 6.07) is 9.99. The SMILES string of the molecule is CCCC(CCC)N[C@H](C)c1ccc(C)cc1. The van der Waals surface area contributed by atoms with Gasteiger partial charge in [-0.05, 0) is 32.3 Å². The first-order valence-electron chi connectivity index (χ1n) is 7.00. The lowest BCUT2D eigenvalue weighted by atomic mass is 10.0. The Morgan fingerprint density at radius 2 is 1.53 bits per heavy atom. The van der Waals surface area contributed by atoms with Crippen LogP contribution in [-0.2, 0) is 0 Å². The van der Waals surface area contributed by atoms with Gasteiger partial charge in [0, 0.05) is 12.1 Å². The Balaban J connectivity index is 2.56. The molecule has 0 saturated heterocycles. The second kappa shape index (κ2) is 7.50. The summed E-state index contributed by atoms with van der Waals surface area (Å²) in [5.41, 5.74) is 2.73. The highest BCUT2D eigenvalue weighted by atomic mass is 14.9. The number of benzene rings is 1. The zero-order valence-electron chi connectivity index (χ0n) is 11.8. The molecule has 1 aromatic carbocycles. The van der Waals surface area contributed by atoms with Crippen molar-refractivity contribution in [1.29, 1.82) is 0 Å². The van der Waals surface area contributed by atoms with Gasteiger partial charge in [0.2, 0.25) is 0 Å². The molecule has 0 heterocycles. The monoisotopic (exact) mass is 233 g/mol. The van der Waals surface area contributed by atoms with E-state index < -0.39 is 0 Å². The summed E-state index contributed by atoms with van der Waals surface area (Å²) in [5.74, 6) is 0. The molecule has 0 aliphatic rings. The normalized spacial score (nSPS) is 13.0. The van der Waals surface area contributed by atoms with Gasteiger partial charge in [-0.2, -0.15) is 0 Å². The number of nitrogens with one attached hydrogen (secondary N) is 1. The zero-order chi connectivity index (χ0) is 12.7. The minimum absolute atomic E-state index is 0.457. The predicted octanol–water partition coefficient (Wildman–Crippen LogP) is 4.61. The summed E-state index contributed by atoms with van der Waals surface area (Å²) in [5, 5.41) is 3.75. The highest BCUT2D eigenvalue weighted by Gasteiger charge is 2.11. The van der Waals surface area contributed by atoms with Crippen molar-refractivity contribution in [2.24, 2.45) is 0 Å². The first-order chi connectivity index (χ1) is 8.17. The molecule has 1 nitrogen and oxygen atoms in total. The molecule has 0 aliphatic carbocycles. The van der Waals surface area contributed by atoms with Crippen LogP contribution in [0.2, 0.25) is 0 Å². The molecule has 17 heavy (non-hydrogen) atoms. The molecule has 96 valence electrons. The van der Waals surface area contributed by atoms with E-state index in [-0.39, 0.29) is 0 Å². The van der Waals surface area contributed by atoms with Crippen LogP contribution in [0.1, 0.15) is 63.6 Å². The van der Waals surface area contributed by atoms with Crippen molar-refractivity contribution in [3.8, 4) is 0 Å². The number of hydrogen-bond donors (Lipinski definition) is 1. The number of rotatable bonds is 7. The van der Waals surface area contributed by atoms with Gasteiger partial charge in [-0.1, -0.05) is 56.5 Å². The van der Waals surface area contributed by atoms with Crippen LogP contribution in [-0.4, -0.2) is 6.04 Å². The van der Waals surface area contributed by atoms with E-state index in [1.165, 1.54) is 36.8 Å². The summed E-state index contributed by atoms with van der Waals surface area (Å²) >= 11 is 0. The lowest BCUT2D eigenvalue weighted by Gasteiger charge is -2.23. The first kappa shape index (κ1) is 14.2. The predicted molar refractivity (Wildman–Crippen MR) is 76.3 cm³/mol. The standard InChI is InChI=1S/C16H27N/c1-5-7-16(8-6-2)17-14(4)15-11-9-13(3)10-12-15/h9-12,14,16-17H,5-8H2,1-4H3/t14-/m1/s1. The van der Waals surface area contributed by atoms with E-state index in [1.54, 1.807) is 0 Å². The van der Waals surface area contributed by atoms with Crippen LogP contribution >= 0.6 is 0 Å². The van der Waals surface area contributed by atoms with Crippen molar-refractivity contribution in [3.05, 3.63) is 35.4 Å². The molecule has 1 atom stereocenters. The molecular weight excluding hydrogens is 206 g/mol. The highest BCUT2D eigenvalue weighted by molar-refractivity contribution is 5.23. The van der Waals surface area contributed by atoms with Gasteiger partial charge in [-0.15, -0.1) is 0 Å². The van der Waals surface area contributed by atoms with Crippen LogP contribution in [0, 0.1) is 6.92 Å². The number of aryl methyl sites for hydroxylation is 1. The third-order valence-electron chi connectivity index (χ3n) is 3.34. The third kappa shape index (κ3) is 4.91. The van der Waals surface area contributed by atoms with Gasteiger partial charge in [0.15, 0.2) is 0 Å². The Hall–Kier alpha value is -0.820. The molecule has 1 aromatic rings. The Morgan fingerprint density at radius 3 is 2.00 bits per heavy atom. The minimum atomic E-state index is 0.457. The first-order valence-corrected chi connectivity index (χ1v) is 7.00. The van der Waals surface area contributed by atoms with Gasteiger partial charge in [0.1, 0.15) is 0 Å². The maximum Gasteiger partial charge on any atom is 0.0294 e. The van der Waals surface area contributed by atoms with Gasteiger partial charge in [-0.25, -0.2) is 0 Å². The fourth-order valence-corrected chi connectivity index (χ4v) is 2.31. The second-order valence-electron chi connectivity index (χ2n) is 5.07. The smallest absolute Gasteiger partial charge is 0.0294 e. The van der Waals surface area contributed by atoms with Crippen molar-refractivity contribution < 1.29 is 0 Å². The summed E-state index contributed by atoms with van der Waals surface area (Å²) in [4.78, 5) is 0. The molecule has 0 fully saturated rings. The van der Waals surface area contributed by atoms with Gasteiger partial charge in [-0.3, -0.25) is 0 Å². The molecule has 0 bridgehead atoms. The number of hydrogen-bond acceptors (Lipinski definition) is 1. The Bertz CT molecular complexity index is 296. The quantitative estimate of drug-likeness (QED) is 0.725.